The monoisotopic (exact) mass is 305 g/mol. The Bertz CT molecular complexity index is 622. The first-order valence-corrected chi connectivity index (χ1v) is 7.62. The lowest BCUT2D eigenvalue weighted by atomic mass is 10.1. The fourth-order valence-corrected chi connectivity index (χ4v) is 2.89. The van der Waals surface area contributed by atoms with Crippen molar-refractivity contribution in [3.63, 3.8) is 0 Å². The molecule has 2 aromatic rings. The van der Waals surface area contributed by atoms with E-state index >= 15 is 0 Å². The fourth-order valence-electron chi connectivity index (χ4n) is 1.99. The highest BCUT2D eigenvalue weighted by Crippen LogP contribution is 2.22. The number of benzene rings is 1. The number of hydrogen-bond acceptors (Lipinski definition) is 5. The maximum atomic E-state index is 12.1. The van der Waals surface area contributed by atoms with Gasteiger partial charge in [0.05, 0.1) is 11.7 Å². The topological polar surface area (TPSA) is 88.2 Å². The highest BCUT2D eigenvalue weighted by atomic mass is 32.1. The van der Waals surface area contributed by atoms with Crippen molar-refractivity contribution in [3.8, 4) is 5.75 Å². The Kier molecular flexibility index (Phi) is 4.93. The van der Waals surface area contributed by atoms with E-state index < -0.39 is 6.04 Å². The molecule has 112 valence electrons. The van der Waals surface area contributed by atoms with Crippen molar-refractivity contribution >= 4 is 22.4 Å². The summed E-state index contributed by atoms with van der Waals surface area (Å²) in [6.07, 6.45) is 1.26. The number of hydrogen-bond donors (Lipinski definition) is 3. The molecule has 1 heterocycles. The van der Waals surface area contributed by atoms with Crippen LogP contribution in [-0.2, 0) is 17.6 Å². The van der Waals surface area contributed by atoms with Crippen LogP contribution in [0, 0.1) is 6.92 Å². The molecule has 21 heavy (non-hydrogen) atoms. The highest BCUT2D eigenvalue weighted by Gasteiger charge is 2.16. The van der Waals surface area contributed by atoms with Gasteiger partial charge in [-0.3, -0.25) is 4.79 Å². The largest absolute Gasteiger partial charge is 0.508 e. The lowest BCUT2D eigenvalue weighted by molar-refractivity contribution is -0.117. The van der Waals surface area contributed by atoms with Gasteiger partial charge < -0.3 is 16.2 Å². The minimum Gasteiger partial charge on any atom is -0.508 e. The molecule has 5 nitrogen and oxygen atoms in total. The van der Waals surface area contributed by atoms with Gasteiger partial charge in [-0.1, -0.05) is 19.1 Å². The molecule has 1 atom stereocenters. The number of carbonyl (C=O) groups excluding carboxylic acids is 1. The number of nitrogens with one attached hydrogen (secondary N) is 1. The molecule has 0 saturated carbocycles. The lowest BCUT2D eigenvalue weighted by Crippen LogP contribution is -2.37. The number of amides is 1. The van der Waals surface area contributed by atoms with Crippen molar-refractivity contribution < 1.29 is 9.90 Å². The predicted octanol–water partition coefficient (Wildman–Crippen LogP) is 2.23. The van der Waals surface area contributed by atoms with Crippen LogP contribution in [0.5, 0.6) is 5.75 Å². The second-order valence-corrected chi connectivity index (χ2v) is 6.04. The third-order valence-corrected chi connectivity index (χ3v) is 4.11. The quantitative estimate of drug-likeness (QED) is 0.790. The summed E-state index contributed by atoms with van der Waals surface area (Å²) < 4.78 is 0. The zero-order valence-corrected chi connectivity index (χ0v) is 12.9. The number of anilines is 1. The lowest BCUT2D eigenvalue weighted by Gasteiger charge is -2.10. The van der Waals surface area contributed by atoms with Crippen LogP contribution in [0.2, 0.25) is 0 Å². The zero-order chi connectivity index (χ0) is 15.4. The molecule has 6 heteroatoms. The van der Waals surface area contributed by atoms with Crippen LogP contribution in [0.1, 0.15) is 23.1 Å². The van der Waals surface area contributed by atoms with Crippen LogP contribution in [0.15, 0.2) is 24.3 Å². The maximum absolute atomic E-state index is 12.1. The molecular formula is C15H19N3O2S. The second-order valence-electron chi connectivity index (χ2n) is 4.84. The summed E-state index contributed by atoms with van der Waals surface area (Å²) in [7, 11) is 0. The number of aromatic nitrogens is 1. The molecule has 2 rings (SSSR count). The van der Waals surface area contributed by atoms with E-state index in [-0.39, 0.29) is 11.7 Å². The van der Waals surface area contributed by atoms with Crippen molar-refractivity contribution in [2.45, 2.75) is 32.7 Å². The van der Waals surface area contributed by atoms with E-state index in [0.717, 1.165) is 22.6 Å². The van der Waals surface area contributed by atoms with Gasteiger partial charge >= 0.3 is 0 Å². The van der Waals surface area contributed by atoms with Crippen molar-refractivity contribution in [1.29, 1.82) is 0 Å². The van der Waals surface area contributed by atoms with Gasteiger partial charge in [-0.25, -0.2) is 4.98 Å². The summed E-state index contributed by atoms with van der Waals surface area (Å²) in [4.78, 5) is 17.6. The summed E-state index contributed by atoms with van der Waals surface area (Å²) in [6, 6.07) is 6.02. The number of thiazole rings is 1. The molecule has 0 radical (unpaired) electrons. The van der Waals surface area contributed by atoms with Gasteiger partial charge in [0.1, 0.15) is 5.75 Å². The van der Waals surface area contributed by atoms with Gasteiger partial charge in [0, 0.05) is 4.88 Å². The Labute approximate surface area is 127 Å². The molecule has 0 spiro atoms. The van der Waals surface area contributed by atoms with E-state index in [9.17, 15) is 9.90 Å². The number of nitrogens with two attached hydrogens (primary N) is 1. The van der Waals surface area contributed by atoms with Crippen LogP contribution in [0.4, 0.5) is 5.13 Å². The van der Waals surface area contributed by atoms with Crippen LogP contribution in [0.3, 0.4) is 0 Å². The van der Waals surface area contributed by atoms with E-state index in [1.165, 1.54) is 11.3 Å². The van der Waals surface area contributed by atoms with Crippen LogP contribution >= 0.6 is 11.3 Å². The molecule has 0 fully saturated rings. The van der Waals surface area contributed by atoms with Crippen molar-refractivity contribution in [1.82, 2.24) is 4.98 Å². The number of rotatable bonds is 5. The molecule has 0 unspecified atom stereocenters. The van der Waals surface area contributed by atoms with Crippen molar-refractivity contribution in [3.05, 3.63) is 40.4 Å². The molecule has 4 N–H and O–H groups in total. The molecular weight excluding hydrogens is 286 g/mol. The molecule has 1 aromatic heterocycles. The van der Waals surface area contributed by atoms with Crippen molar-refractivity contribution in [2.24, 2.45) is 5.73 Å². The van der Waals surface area contributed by atoms with E-state index in [4.69, 9.17) is 5.73 Å². The Hall–Kier alpha value is -1.92. The minimum absolute atomic E-state index is 0.196. The Balaban J connectivity index is 1.97. The van der Waals surface area contributed by atoms with Gasteiger partial charge in [0.25, 0.3) is 0 Å². The molecule has 0 aliphatic carbocycles. The average Bonchev–Trinajstić information content (AvgIpc) is 2.81. The number of nitrogens with zero attached hydrogens (tertiary/aromatic N) is 1. The first-order valence-electron chi connectivity index (χ1n) is 6.80. The number of aryl methyl sites for hydroxylation is 2. The third-order valence-electron chi connectivity index (χ3n) is 3.19. The molecule has 0 saturated heterocycles. The number of phenols is 1. The first-order chi connectivity index (χ1) is 9.99. The SMILES string of the molecule is CCc1nc(NC(=O)[C@@H](N)Cc2ccc(O)cc2)sc1C. The van der Waals surface area contributed by atoms with Gasteiger partial charge in [-0.15, -0.1) is 11.3 Å². The van der Waals surface area contributed by atoms with E-state index in [1.807, 2.05) is 13.8 Å². The standard InChI is InChI=1S/C15H19N3O2S/c1-3-13-9(2)21-15(17-13)18-14(20)12(16)8-10-4-6-11(19)7-5-10/h4-7,12,19H,3,8,16H2,1-2H3,(H,17,18,20)/t12-/m0/s1. The fraction of sp³-hybridized carbons (Fsp3) is 0.333. The third kappa shape index (κ3) is 4.03. The molecule has 1 amide bonds. The summed E-state index contributed by atoms with van der Waals surface area (Å²) in [5.41, 5.74) is 7.82. The van der Waals surface area contributed by atoms with Crippen molar-refractivity contribution in [2.75, 3.05) is 5.32 Å². The van der Waals surface area contributed by atoms with Gasteiger partial charge in [0.15, 0.2) is 5.13 Å². The average molecular weight is 305 g/mol. The number of phenolic OH excluding ortho intramolecular Hbond substituents is 1. The minimum atomic E-state index is -0.649. The van der Waals surface area contributed by atoms with Crippen LogP contribution in [-0.4, -0.2) is 22.0 Å². The Morgan fingerprint density at radius 1 is 1.43 bits per heavy atom. The normalized spacial score (nSPS) is 12.1. The number of aromatic hydroxyl groups is 1. The van der Waals surface area contributed by atoms with E-state index in [0.29, 0.717) is 11.6 Å². The maximum Gasteiger partial charge on any atom is 0.243 e. The van der Waals surface area contributed by atoms with Gasteiger partial charge in [-0.2, -0.15) is 0 Å². The molecule has 1 aromatic carbocycles. The zero-order valence-electron chi connectivity index (χ0n) is 12.1. The molecule has 0 aliphatic rings. The molecule has 0 aliphatic heterocycles. The Morgan fingerprint density at radius 2 is 2.10 bits per heavy atom. The van der Waals surface area contributed by atoms with Crippen LogP contribution in [0.25, 0.3) is 0 Å². The van der Waals surface area contributed by atoms with Crippen LogP contribution < -0.4 is 11.1 Å². The summed E-state index contributed by atoms with van der Waals surface area (Å²) in [5.74, 6) is -0.0541. The van der Waals surface area contributed by atoms with E-state index in [1.54, 1.807) is 24.3 Å². The summed E-state index contributed by atoms with van der Waals surface area (Å²) >= 11 is 1.46. The smallest absolute Gasteiger partial charge is 0.243 e. The predicted molar refractivity (Wildman–Crippen MR) is 84.6 cm³/mol. The van der Waals surface area contributed by atoms with Gasteiger partial charge in [-0.05, 0) is 37.5 Å². The highest BCUT2D eigenvalue weighted by molar-refractivity contribution is 7.15. The first kappa shape index (κ1) is 15.5. The van der Waals surface area contributed by atoms with E-state index in [2.05, 4.69) is 10.3 Å². The second kappa shape index (κ2) is 6.69. The summed E-state index contributed by atoms with van der Waals surface area (Å²) in [5, 5.41) is 12.6. The number of carbonyl (C=O) groups is 1. The Morgan fingerprint density at radius 3 is 2.67 bits per heavy atom. The summed E-state index contributed by atoms with van der Waals surface area (Å²) in [6.45, 7) is 4.02. The molecule has 0 bridgehead atoms. The van der Waals surface area contributed by atoms with Gasteiger partial charge in [0.2, 0.25) is 5.91 Å².